The maximum Gasteiger partial charge on any atom is 1.00 e. The van der Waals surface area contributed by atoms with E-state index in [0.717, 1.165) is 36.8 Å². The van der Waals surface area contributed by atoms with Gasteiger partial charge in [-0.3, -0.25) is 9.11 Å². The van der Waals surface area contributed by atoms with E-state index >= 15 is 0 Å². The van der Waals surface area contributed by atoms with Crippen LogP contribution in [-0.2, 0) is 90.7 Å². The molecule has 6 aromatic carbocycles. The number of nitrogens with zero attached hydrogens (tertiary/aromatic N) is 4. The van der Waals surface area contributed by atoms with Gasteiger partial charge in [0, 0.05) is 47.9 Å². The summed E-state index contributed by atoms with van der Waals surface area (Å²) in [5, 5.41) is 0. The van der Waals surface area contributed by atoms with Crippen LogP contribution in [0.5, 0.6) is 0 Å². The molecule has 2 aliphatic rings. The zero-order chi connectivity index (χ0) is 44.0. The van der Waals surface area contributed by atoms with Crippen molar-refractivity contribution in [1.29, 1.82) is 0 Å². The van der Waals surface area contributed by atoms with Gasteiger partial charge in [-0.15, -0.1) is 0 Å². The number of para-hydroxylation sites is 4. The fourth-order valence-electron chi connectivity index (χ4n) is 8.69. The second-order valence-electron chi connectivity index (χ2n) is 15.4. The van der Waals surface area contributed by atoms with E-state index < -0.39 is 20.2 Å². The fraction of sp³-hybridized carbons (Fsp3) is 0.240. The van der Waals surface area contributed by atoms with E-state index in [2.05, 4.69) is 98.2 Å². The van der Waals surface area contributed by atoms with Crippen molar-refractivity contribution in [1.82, 2.24) is 0 Å². The van der Waals surface area contributed by atoms with Crippen LogP contribution in [0.2, 0.25) is 0 Å². The topological polar surface area (TPSA) is 122 Å². The first-order valence-corrected chi connectivity index (χ1v) is 24.0. The fourth-order valence-corrected chi connectivity index (χ4v) is 10.1. The van der Waals surface area contributed by atoms with Gasteiger partial charge in [0.1, 0.15) is 9.79 Å². The third kappa shape index (κ3) is 11.1. The largest absolute Gasteiger partial charge is 1.00 e. The van der Waals surface area contributed by atoms with Gasteiger partial charge in [-0.05, 0) is 83.3 Å². The standard InChI is InChI=1S/2C25H27N2O3S.2Ag/c2*1-3-19-13-10-14-20(4-2)25(19)26-17-23(21-11-6-5-7-12-21)27(18-26)22-15-8-9-16-24(22)31(28,29)30;;/h2*5-16,18,23H,3-4,17H2,1-2H3,(H,28,29,30);;/q2*-1;2*+1/t2*23-;;/m11../s1. The van der Waals surface area contributed by atoms with Crippen LogP contribution in [-0.4, -0.2) is 39.0 Å². The molecule has 14 heteroatoms. The van der Waals surface area contributed by atoms with Crippen molar-refractivity contribution >= 4 is 43.0 Å². The number of hydrogen-bond donors (Lipinski definition) is 2. The smallest absolute Gasteiger partial charge is 0.501 e. The van der Waals surface area contributed by atoms with E-state index in [9.17, 15) is 25.9 Å². The summed E-state index contributed by atoms with van der Waals surface area (Å²) >= 11 is 0. The van der Waals surface area contributed by atoms with Crippen molar-refractivity contribution in [3.63, 3.8) is 0 Å². The Kier molecular flexibility index (Phi) is 17.7. The Morgan fingerprint density at radius 2 is 0.750 bits per heavy atom. The van der Waals surface area contributed by atoms with Crippen molar-refractivity contribution in [2.45, 2.75) is 75.3 Å². The van der Waals surface area contributed by atoms with Crippen LogP contribution in [0.1, 0.15) is 73.2 Å². The number of aryl methyl sites for hydroxylation is 4. The Bertz CT molecular complexity index is 2480. The summed E-state index contributed by atoms with van der Waals surface area (Å²) in [6.45, 7) is 13.9. The van der Waals surface area contributed by atoms with Crippen LogP contribution in [0.4, 0.5) is 22.7 Å². The van der Waals surface area contributed by atoms with Gasteiger partial charge in [0.15, 0.2) is 0 Å². The van der Waals surface area contributed by atoms with Gasteiger partial charge in [-0.25, -0.2) is 0 Å². The van der Waals surface area contributed by atoms with Crippen LogP contribution in [0, 0.1) is 13.3 Å². The zero-order valence-electron chi connectivity index (χ0n) is 36.1. The van der Waals surface area contributed by atoms with Crippen molar-refractivity contribution in [2.24, 2.45) is 0 Å². The van der Waals surface area contributed by atoms with Crippen molar-refractivity contribution in [3.05, 3.63) is 192 Å². The monoisotopic (exact) mass is 1080 g/mol. The molecule has 2 saturated heterocycles. The normalized spacial score (nSPS) is 16.2. The van der Waals surface area contributed by atoms with E-state index in [4.69, 9.17) is 0 Å². The summed E-state index contributed by atoms with van der Waals surface area (Å²) in [6, 6.07) is 45.9. The molecule has 8 rings (SSSR count). The summed E-state index contributed by atoms with van der Waals surface area (Å²) in [4.78, 5) is 8.18. The SMILES string of the molecule is CCc1cccc(CC)c1N1[CH-]N(c2ccccc2S(=O)(=O)O)[C@@H](c2ccccc2)C1.CCc1cccc(CC)c1N1[CH-]N(c2ccccc2S(=O)(=O)O)[C@@H](c2ccccc2)C1.[Ag+].[Ag+]. The molecule has 0 bridgehead atoms. The molecule has 0 aliphatic carbocycles. The van der Waals surface area contributed by atoms with E-state index in [1.54, 1.807) is 36.4 Å². The number of benzene rings is 6. The molecule has 2 N–H and O–H groups in total. The maximum atomic E-state index is 12.1. The summed E-state index contributed by atoms with van der Waals surface area (Å²) in [6.07, 6.45) is 3.63. The molecule has 0 aromatic heterocycles. The average molecular weight is 1090 g/mol. The van der Waals surface area contributed by atoms with Crippen LogP contribution in [0.3, 0.4) is 0 Å². The summed E-state index contributed by atoms with van der Waals surface area (Å²) in [5.74, 6) is 0. The average Bonchev–Trinajstić information content (AvgIpc) is 3.94. The molecule has 344 valence electrons. The summed E-state index contributed by atoms with van der Waals surface area (Å²) in [7, 11) is -8.73. The first kappa shape index (κ1) is 50.8. The minimum Gasteiger partial charge on any atom is -0.501 e. The van der Waals surface area contributed by atoms with Crippen molar-refractivity contribution < 1.29 is 70.7 Å². The number of rotatable bonds is 12. The first-order chi connectivity index (χ1) is 29.9. The molecular weight excluding hydrogens is 1030 g/mol. The summed E-state index contributed by atoms with van der Waals surface area (Å²) < 4.78 is 68.1. The van der Waals surface area contributed by atoms with E-state index in [-0.39, 0.29) is 66.6 Å². The molecule has 0 radical (unpaired) electrons. The molecule has 2 aliphatic heterocycles. The van der Waals surface area contributed by atoms with Crippen LogP contribution in [0.25, 0.3) is 0 Å². The minimum absolute atomic E-state index is 0. The van der Waals surface area contributed by atoms with Crippen LogP contribution < -0.4 is 19.6 Å². The van der Waals surface area contributed by atoms with Gasteiger partial charge in [0.25, 0.3) is 20.2 Å². The second kappa shape index (κ2) is 22.3. The molecule has 64 heavy (non-hydrogen) atoms. The molecule has 0 spiro atoms. The van der Waals surface area contributed by atoms with Gasteiger partial charge >= 0.3 is 44.8 Å². The van der Waals surface area contributed by atoms with Crippen LogP contribution in [0.15, 0.2) is 155 Å². The third-order valence-corrected chi connectivity index (χ3v) is 13.5. The predicted molar refractivity (Wildman–Crippen MR) is 250 cm³/mol. The molecule has 6 aromatic rings. The first-order valence-electron chi connectivity index (χ1n) is 21.1. The van der Waals surface area contributed by atoms with Gasteiger partial charge < -0.3 is 19.6 Å². The quantitative estimate of drug-likeness (QED) is 0.0696. The second-order valence-corrected chi connectivity index (χ2v) is 18.1. The van der Waals surface area contributed by atoms with Gasteiger partial charge in [0.2, 0.25) is 0 Å². The molecule has 0 saturated carbocycles. The molecule has 2 fully saturated rings. The zero-order valence-corrected chi connectivity index (χ0v) is 40.7. The number of anilines is 4. The molecule has 0 amide bonds. The number of hydrogen-bond acceptors (Lipinski definition) is 8. The summed E-state index contributed by atoms with van der Waals surface area (Å²) in [5.41, 5.74) is 10.5. The predicted octanol–water partition coefficient (Wildman–Crippen LogP) is 10.5. The Morgan fingerprint density at radius 1 is 0.453 bits per heavy atom. The third-order valence-electron chi connectivity index (χ3n) is 11.7. The molecule has 2 heterocycles. The van der Waals surface area contributed by atoms with Gasteiger partial charge in [-0.2, -0.15) is 30.2 Å². The molecular formula is C50H54Ag2N4O6S2. The molecule has 0 unspecified atom stereocenters. The Hall–Kier alpha value is -4.18. The Labute approximate surface area is 410 Å². The maximum absolute atomic E-state index is 12.1. The Balaban J connectivity index is 0.000000234. The van der Waals surface area contributed by atoms with E-state index in [0.29, 0.717) is 24.5 Å². The van der Waals surface area contributed by atoms with Crippen LogP contribution >= 0.6 is 0 Å². The Morgan fingerprint density at radius 3 is 1.05 bits per heavy atom. The van der Waals surface area contributed by atoms with Crippen molar-refractivity contribution in [3.8, 4) is 0 Å². The van der Waals surface area contributed by atoms with Crippen molar-refractivity contribution in [2.75, 3.05) is 32.7 Å². The molecule has 2 atom stereocenters. The molecule has 10 nitrogen and oxygen atoms in total. The van der Waals surface area contributed by atoms with Gasteiger partial charge in [0.05, 0.1) is 0 Å². The van der Waals surface area contributed by atoms with E-state index in [1.807, 2.05) is 59.5 Å². The van der Waals surface area contributed by atoms with E-state index in [1.165, 1.54) is 45.8 Å². The van der Waals surface area contributed by atoms with Gasteiger partial charge in [-0.1, -0.05) is 149 Å². The minimum atomic E-state index is -4.36.